The maximum Gasteiger partial charge on any atom is 0.276 e. The first-order valence-corrected chi connectivity index (χ1v) is 7.42. The highest BCUT2D eigenvalue weighted by Gasteiger charge is 2.11. The summed E-state index contributed by atoms with van der Waals surface area (Å²) >= 11 is 0. The molecular formula is C17H18N4O2. The Morgan fingerprint density at radius 1 is 1.17 bits per heavy atom. The number of aromatic nitrogens is 3. The van der Waals surface area contributed by atoms with Gasteiger partial charge in [0.25, 0.3) is 5.56 Å². The van der Waals surface area contributed by atoms with Crippen molar-refractivity contribution in [2.75, 3.05) is 19.0 Å². The van der Waals surface area contributed by atoms with Gasteiger partial charge in [-0.2, -0.15) is 0 Å². The Kier molecular flexibility index (Phi) is 4.63. The molecule has 1 N–H and O–H groups in total. The maximum atomic E-state index is 12.4. The number of ether oxygens (including phenoxy) is 1. The quantitative estimate of drug-likeness (QED) is 0.754. The molecule has 0 spiro atoms. The van der Waals surface area contributed by atoms with Gasteiger partial charge in [0.05, 0.1) is 18.5 Å². The van der Waals surface area contributed by atoms with E-state index in [1.165, 1.54) is 4.68 Å². The first-order chi connectivity index (χ1) is 11.3. The fourth-order valence-corrected chi connectivity index (χ4v) is 2.35. The summed E-state index contributed by atoms with van der Waals surface area (Å²) in [4.78, 5) is 16.7. The Morgan fingerprint density at radius 2 is 2.00 bits per heavy atom. The van der Waals surface area contributed by atoms with Gasteiger partial charge in [0.15, 0.2) is 5.82 Å². The lowest BCUT2D eigenvalue weighted by molar-refractivity contribution is 0.182. The molecule has 23 heavy (non-hydrogen) atoms. The summed E-state index contributed by atoms with van der Waals surface area (Å²) in [5, 5.41) is 8.23. The van der Waals surface area contributed by atoms with E-state index >= 15 is 0 Å². The van der Waals surface area contributed by atoms with Gasteiger partial charge in [-0.05, 0) is 17.7 Å². The molecular weight excluding hydrogens is 292 g/mol. The normalized spacial score (nSPS) is 10.8. The number of fused-ring (bicyclic) bond motifs is 1. The molecule has 1 aromatic carbocycles. The van der Waals surface area contributed by atoms with Gasteiger partial charge in [-0.15, -0.1) is 5.10 Å². The summed E-state index contributed by atoms with van der Waals surface area (Å²) in [7, 11) is 1.60. The number of anilines is 1. The van der Waals surface area contributed by atoms with Crippen LogP contribution in [0.3, 0.4) is 0 Å². The molecule has 0 amide bonds. The molecule has 0 bridgehead atoms. The van der Waals surface area contributed by atoms with E-state index < -0.39 is 0 Å². The van der Waals surface area contributed by atoms with Crippen LogP contribution in [0.25, 0.3) is 10.9 Å². The summed E-state index contributed by atoms with van der Waals surface area (Å²) in [6, 6.07) is 13.5. The van der Waals surface area contributed by atoms with Gasteiger partial charge < -0.3 is 10.1 Å². The van der Waals surface area contributed by atoms with Crippen LogP contribution < -0.4 is 10.9 Å². The minimum absolute atomic E-state index is 0.157. The third kappa shape index (κ3) is 3.37. The van der Waals surface area contributed by atoms with Crippen molar-refractivity contribution < 1.29 is 4.74 Å². The highest BCUT2D eigenvalue weighted by molar-refractivity contribution is 5.86. The van der Waals surface area contributed by atoms with E-state index in [1.807, 2.05) is 30.3 Å². The Morgan fingerprint density at radius 3 is 2.78 bits per heavy atom. The number of nitrogens with zero attached hydrogens (tertiary/aromatic N) is 3. The molecule has 0 saturated heterocycles. The number of hydrogen-bond donors (Lipinski definition) is 1. The van der Waals surface area contributed by atoms with E-state index in [2.05, 4.69) is 15.4 Å². The predicted octanol–water partition coefficient (Wildman–Crippen LogP) is 2.05. The molecule has 6 nitrogen and oxygen atoms in total. The van der Waals surface area contributed by atoms with Crippen LogP contribution in [0.15, 0.2) is 53.5 Å². The SMILES string of the molecule is COCCn1nc(NCc2ccccc2)c2ncccc2c1=O. The van der Waals surface area contributed by atoms with E-state index in [4.69, 9.17) is 4.74 Å². The number of pyridine rings is 1. The van der Waals surface area contributed by atoms with Crippen molar-refractivity contribution in [3.05, 3.63) is 64.6 Å². The zero-order chi connectivity index (χ0) is 16.1. The average molecular weight is 310 g/mol. The van der Waals surface area contributed by atoms with Crippen LogP contribution in [0, 0.1) is 0 Å². The second-order valence-electron chi connectivity index (χ2n) is 5.11. The number of rotatable bonds is 6. The molecule has 0 aliphatic carbocycles. The zero-order valence-corrected chi connectivity index (χ0v) is 12.9. The number of benzene rings is 1. The Bertz CT molecular complexity index is 846. The minimum Gasteiger partial charge on any atom is -0.383 e. The Hall–Kier alpha value is -2.73. The van der Waals surface area contributed by atoms with Crippen LogP contribution in [-0.2, 0) is 17.8 Å². The highest BCUT2D eigenvalue weighted by atomic mass is 16.5. The number of hydrogen-bond acceptors (Lipinski definition) is 5. The van der Waals surface area contributed by atoms with Gasteiger partial charge in [0.1, 0.15) is 5.52 Å². The van der Waals surface area contributed by atoms with Crippen molar-refractivity contribution in [1.82, 2.24) is 14.8 Å². The van der Waals surface area contributed by atoms with E-state index in [0.717, 1.165) is 5.56 Å². The monoisotopic (exact) mass is 310 g/mol. The lowest BCUT2D eigenvalue weighted by Gasteiger charge is -2.11. The van der Waals surface area contributed by atoms with E-state index in [-0.39, 0.29) is 5.56 Å². The van der Waals surface area contributed by atoms with Gasteiger partial charge in [-0.1, -0.05) is 30.3 Å². The molecule has 0 atom stereocenters. The van der Waals surface area contributed by atoms with Crippen LogP contribution in [0.1, 0.15) is 5.56 Å². The van der Waals surface area contributed by atoms with Gasteiger partial charge in [-0.3, -0.25) is 9.78 Å². The third-order valence-electron chi connectivity index (χ3n) is 3.53. The van der Waals surface area contributed by atoms with E-state index in [0.29, 0.717) is 36.4 Å². The van der Waals surface area contributed by atoms with Gasteiger partial charge in [0, 0.05) is 19.9 Å². The summed E-state index contributed by atoms with van der Waals surface area (Å²) < 4.78 is 6.46. The smallest absolute Gasteiger partial charge is 0.276 e. The first kappa shape index (κ1) is 15.2. The second kappa shape index (κ2) is 7.02. The molecule has 0 unspecified atom stereocenters. The fraction of sp³-hybridized carbons (Fsp3) is 0.235. The van der Waals surface area contributed by atoms with Gasteiger partial charge in [0.2, 0.25) is 0 Å². The molecule has 0 saturated carbocycles. The van der Waals surface area contributed by atoms with Crippen LogP contribution in [0.5, 0.6) is 0 Å². The lowest BCUT2D eigenvalue weighted by atomic mass is 10.2. The minimum atomic E-state index is -0.157. The van der Waals surface area contributed by atoms with Crippen LogP contribution in [0.2, 0.25) is 0 Å². The fourth-order valence-electron chi connectivity index (χ4n) is 2.35. The van der Waals surface area contributed by atoms with Crippen LogP contribution >= 0.6 is 0 Å². The molecule has 0 radical (unpaired) electrons. The molecule has 2 heterocycles. The summed E-state index contributed by atoms with van der Waals surface area (Å²) in [5.41, 5.74) is 1.56. The summed E-state index contributed by atoms with van der Waals surface area (Å²) in [5.74, 6) is 0.597. The molecule has 3 rings (SSSR count). The molecule has 6 heteroatoms. The number of methoxy groups -OCH3 is 1. The third-order valence-corrected chi connectivity index (χ3v) is 3.53. The standard InChI is InChI=1S/C17H18N4O2/c1-23-11-10-21-17(22)14-8-5-9-18-15(14)16(20-21)19-12-13-6-3-2-4-7-13/h2-9H,10-12H2,1H3,(H,19,20). The summed E-state index contributed by atoms with van der Waals surface area (Å²) in [6.07, 6.45) is 1.66. The molecule has 118 valence electrons. The first-order valence-electron chi connectivity index (χ1n) is 7.42. The summed E-state index contributed by atoms with van der Waals surface area (Å²) in [6.45, 7) is 1.44. The average Bonchev–Trinajstić information content (AvgIpc) is 2.61. The van der Waals surface area contributed by atoms with Crippen LogP contribution in [0.4, 0.5) is 5.82 Å². The van der Waals surface area contributed by atoms with Crippen molar-refractivity contribution >= 4 is 16.7 Å². The number of nitrogens with one attached hydrogen (secondary N) is 1. The van der Waals surface area contributed by atoms with E-state index in [1.54, 1.807) is 25.4 Å². The molecule has 0 aliphatic rings. The largest absolute Gasteiger partial charge is 0.383 e. The Labute approximate surface area is 133 Å². The maximum absolute atomic E-state index is 12.4. The zero-order valence-electron chi connectivity index (χ0n) is 12.9. The van der Waals surface area contributed by atoms with Gasteiger partial charge >= 0.3 is 0 Å². The lowest BCUT2D eigenvalue weighted by Crippen LogP contribution is -2.26. The van der Waals surface area contributed by atoms with Crippen molar-refractivity contribution in [3.63, 3.8) is 0 Å². The molecule has 0 fully saturated rings. The van der Waals surface area contributed by atoms with E-state index in [9.17, 15) is 4.79 Å². The van der Waals surface area contributed by atoms with Crippen molar-refractivity contribution in [2.45, 2.75) is 13.1 Å². The van der Waals surface area contributed by atoms with Crippen LogP contribution in [-0.4, -0.2) is 28.5 Å². The Balaban J connectivity index is 1.97. The second-order valence-corrected chi connectivity index (χ2v) is 5.11. The van der Waals surface area contributed by atoms with Crippen molar-refractivity contribution in [2.24, 2.45) is 0 Å². The van der Waals surface area contributed by atoms with Crippen molar-refractivity contribution in [3.8, 4) is 0 Å². The molecule has 2 aromatic heterocycles. The molecule has 3 aromatic rings. The molecule has 0 aliphatic heterocycles. The highest BCUT2D eigenvalue weighted by Crippen LogP contribution is 2.16. The van der Waals surface area contributed by atoms with Crippen molar-refractivity contribution in [1.29, 1.82) is 0 Å². The predicted molar refractivity (Wildman–Crippen MR) is 89.4 cm³/mol. The van der Waals surface area contributed by atoms with Gasteiger partial charge in [-0.25, -0.2) is 4.68 Å². The topological polar surface area (TPSA) is 69.0 Å².